The van der Waals surface area contributed by atoms with Gasteiger partial charge in [-0.15, -0.1) is 0 Å². The molecule has 0 aliphatic rings. The van der Waals surface area contributed by atoms with Gasteiger partial charge in [0.1, 0.15) is 5.75 Å². The highest BCUT2D eigenvalue weighted by atomic mass is 16.5. The van der Waals surface area contributed by atoms with E-state index >= 15 is 0 Å². The summed E-state index contributed by atoms with van der Waals surface area (Å²) in [5.74, 6) is 0.834. The summed E-state index contributed by atoms with van der Waals surface area (Å²) in [7, 11) is 1.65. The summed E-state index contributed by atoms with van der Waals surface area (Å²) in [6.45, 7) is 6.48. The first kappa shape index (κ1) is 15.0. The summed E-state index contributed by atoms with van der Waals surface area (Å²) in [6, 6.07) is 5.28. The monoisotopic (exact) mass is 252 g/mol. The predicted molar refractivity (Wildman–Crippen MR) is 73.7 cm³/mol. The minimum absolute atomic E-state index is 0.0469. The Morgan fingerprint density at radius 2 is 1.94 bits per heavy atom. The fourth-order valence-corrected chi connectivity index (χ4v) is 1.89. The third-order valence-corrected chi connectivity index (χ3v) is 3.07. The molecule has 0 saturated carbocycles. The van der Waals surface area contributed by atoms with E-state index in [1.165, 1.54) is 0 Å². The molecule has 0 heterocycles. The number of rotatable bonds is 4. The highest BCUT2D eigenvalue weighted by molar-refractivity contribution is 5.42. The van der Waals surface area contributed by atoms with Crippen LogP contribution < -0.4 is 16.2 Å². The fraction of sp³-hybridized carbons (Fsp3) is 0.571. The smallest absolute Gasteiger partial charge is 0.122 e. The Kier molecular flexibility index (Phi) is 4.73. The van der Waals surface area contributed by atoms with Crippen LogP contribution in [0.5, 0.6) is 5.75 Å². The maximum absolute atomic E-state index is 9.72. The van der Waals surface area contributed by atoms with Crippen molar-refractivity contribution in [2.24, 2.45) is 11.5 Å². The van der Waals surface area contributed by atoms with Crippen molar-refractivity contribution < 1.29 is 9.84 Å². The predicted octanol–water partition coefficient (Wildman–Crippen LogP) is 1.31. The summed E-state index contributed by atoms with van der Waals surface area (Å²) >= 11 is 0. The Hall–Kier alpha value is -1.10. The first-order chi connectivity index (χ1) is 8.31. The van der Waals surface area contributed by atoms with Crippen LogP contribution in [-0.4, -0.2) is 24.9 Å². The topological polar surface area (TPSA) is 81.5 Å². The summed E-state index contributed by atoms with van der Waals surface area (Å²) in [4.78, 5) is 0. The molecule has 4 heteroatoms. The normalized spacial score (nSPS) is 15.3. The summed E-state index contributed by atoms with van der Waals surface area (Å²) in [6.07, 6.45) is -0.730. The lowest BCUT2D eigenvalue weighted by Crippen LogP contribution is -2.33. The van der Waals surface area contributed by atoms with Crippen LogP contribution in [-0.2, 0) is 5.41 Å². The third-order valence-electron chi connectivity index (χ3n) is 3.07. The quantitative estimate of drug-likeness (QED) is 0.754. The molecular weight excluding hydrogens is 228 g/mol. The first-order valence-electron chi connectivity index (χ1n) is 6.13. The SMILES string of the molecule is COc1ccc(C(N)C(O)CN)cc1C(C)(C)C. The van der Waals surface area contributed by atoms with E-state index < -0.39 is 12.1 Å². The Balaban J connectivity index is 3.18. The molecular formula is C14H24N2O2. The first-order valence-corrected chi connectivity index (χ1v) is 6.13. The van der Waals surface area contributed by atoms with E-state index in [-0.39, 0.29) is 12.0 Å². The number of hydrogen-bond donors (Lipinski definition) is 3. The van der Waals surface area contributed by atoms with Gasteiger partial charge in [-0.3, -0.25) is 0 Å². The van der Waals surface area contributed by atoms with Crippen LogP contribution in [0, 0.1) is 0 Å². The maximum atomic E-state index is 9.72. The van der Waals surface area contributed by atoms with E-state index in [0.29, 0.717) is 0 Å². The zero-order chi connectivity index (χ0) is 13.9. The van der Waals surface area contributed by atoms with Crippen molar-refractivity contribution in [3.05, 3.63) is 29.3 Å². The molecule has 1 aromatic rings. The van der Waals surface area contributed by atoms with E-state index in [4.69, 9.17) is 16.2 Å². The zero-order valence-corrected chi connectivity index (χ0v) is 11.6. The zero-order valence-electron chi connectivity index (χ0n) is 11.6. The molecule has 18 heavy (non-hydrogen) atoms. The number of benzene rings is 1. The second-order valence-corrected chi connectivity index (χ2v) is 5.54. The average Bonchev–Trinajstić information content (AvgIpc) is 2.35. The van der Waals surface area contributed by atoms with Crippen LogP contribution in [0.3, 0.4) is 0 Å². The van der Waals surface area contributed by atoms with Crippen LogP contribution in [0.15, 0.2) is 18.2 Å². The van der Waals surface area contributed by atoms with Gasteiger partial charge in [-0.05, 0) is 28.7 Å². The highest BCUT2D eigenvalue weighted by Crippen LogP contribution is 2.33. The molecule has 0 radical (unpaired) electrons. The van der Waals surface area contributed by atoms with E-state index in [1.54, 1.807) is 7.11 Å². The van der Waals surface area contributed by atoms with Gasteiger partial charge in [0.15, 0.2) is 0 Å². The molecule has 0 bridgehead atoms. The summed E-state index contributed by atoms with van der Waals surface area (Å²) < 4.78 is 5.37. The van der Waals surface area contributed by atoms with Crippen LogP contribution in [0.1, 0.15) is 37.9 Å². The van der Waals surface area contributed by atoms with Crippen LogP contribution in [0.4, 0.5) is 0 Å². The van der Waals surface area contributed by atoms with Crippen LogP contribution in [0.25, 0.3) is 0 Å². The molecule has 1 aromatic carbocycles. The van der Waals surface area contributed by atoms with Crippen molar-refractivity contribution in [3.63, 3.8) is 0 Å². The molecule has 0 spiro atoms. The van der Waals surface area contributed by atoms with Gasteiger partial charge in [0.05, 0.1) is 19.3 Å². The summed E-state index contributed by atoms with van der Waals surface area (Å²) in [5.41, 5.74) is 13.3. The van der Waals surface area contributed by atoms with Crippen molar-refractivity contribution in [3.8, 4) is 5.75 Å². The van der Waals surface area contributed by atoms with E-state index in [9.17, 15) is 5.11 Å². The number of aliphatic hydroxyl groups excluding tert-OH is 1. The molecule has 0 aromatic heterocycles. The third kappa shape index (κ3) is 3.22. The fourth-order valence-electron chi connectivity index (χ4n) is 1.89. The molecule has 102 valence electrons. The maximum Gasteiger partial charge on any atom is 0.122 e. The van der Waals surface area contributed by atoms with Crippen LogP contribution >= 0.6 is 0 Å². The van der Waals surface area contributed by atoms with E-state index in [2.05, 4.69) is 20.8 Å². The highest BCUT2D eigenvalue weighted by Gasteiger charge is 2.22. The lowest BCUT2D eigenvalue weighted by molar-refractivity contribution is 0.153. The Morgan fingerprint density at radius 3 is 2.39 bits per heavy atom. The van der Waals surface area contributed by atoms with E-state index in [1.807, 2.05) is 18.2 Å². The van der Waals surface area contributed by atoms with Gasteiger partial charge < -0.3 is 21.3 Å². The second kappa shape index (κ2) is 5.69. The van der Waals surface area contributed by atoms with Gasteiger partial charge in [0.2, 0.25) is 0 Å². The standard InChI is InChI=1S/C14H24N2O2/c1-14(2,3)10-7-9(5-6-12(10)18-4)13(16)11(17)8-15/h5-7,11,13,17H,8,15-16H2,1-4H3. The molecule has 1 rings (SSSR count). The van der Waals surface area contributed by atoms with Gasteiger partial charge in [-0.2, -0.15) is 0 Å². The van der Waals surface area contributed by atoms with Gasteiger partial charge in [0, 0.05) is 6.54 Å². The van der Waals surface area contributed by atoms with Crippen molar-refractivity contribution >= 4 is 0 Å². The molecule has 2 atom stereocenters. The molecule has 4 nitrogen and oxygen atoms in total. The molecule has 2 unspecified atom stereocenters. The van der Waals surface area contributed by atoms with Crippen molar-refractivity contribution in [2.45, 2.75) is 38.3 Å². The lowest BCUT2D eigenvalue weighted by atomic mass is 9.84. The van der Waals surface area contributed by atoms with Gasteiger partial charge in [-0.1, -0.05) is 26.8 Å². The lowest BCUT2D eigenvalue weighted by Gasteiger charge is -2.25. The van der Waals surface area contributed by atoms with Crippen molar-refractivity contribution in [1.29, 1.82) is 0 Å². The Labute approximate surface area is 109 Å². The molecule has 5 N–H and O–H groups in total. The molecule has 0 aliphatic heterocycles. The molecule has 0 amide bonds. The van der Waals surface area contributed by atoms with Gasteiger partial charge in [-0.25, -0.2) is 0 Å². The van der Waals surface area contributed by atoms with Gasteiger partial charge >= 0.3 is 0 Å². The number of aliphatic hydroxyl groups is 1. The Bertz CT molecular complexity index is 399. The molecule has 0 saturated heterocycles. The minimum Gasteiger partial charge on any atom is -0.496 e. The minimum atomic E-state index is -0.730. The number of ether oxygens (including phenoxy) is 1. The van der Waals surface area contributed by atoms with E-state index in [0.717, 1.165) is 16.9 Å². The molecule has 0 aliphatic carbocycles. The molecule has 0 fully saturated rings. The average molecular weight is 252 g/mol. The van der Waals surface area contributed by atoms with Crippen LogP contribution in [0.2, 0.25) is 0 Å². The van der Waals surface area contributed by atoms with Crippen molar-refractivity contribution in [2.75, 3.05) is 13.7 Å². The van der Waals surface area contributed by atoms with Crippen molar-refractivity contribution in [1.82, 2.24) is 0 Å². The number of hydrogen-bond acceptors (Lipinski definition) is 4. The Morgan fingerprint density at radius 1 is 1.33 bits per heavy atom. The largest absolute Gasteiger partial charge is 0.496 e. The number of methoxy groups -OCH3 is 1. The number of nitrogens with two attached hydrogens (primary N) is 2. The van der Waals surface area contributed by atoms with Gasteiger partial charge in [0.25, 0.3) is 0 Å². The summed E-state index contributed by atoms with van der Waals surface area (Å²) in [5, 5.41) is 9.72. The second-order valence-electron chi connectivity index (χ2n) is 5.54.